The quantitative estimate of drug-likeness (QED) is 0.663. The largest absolute Gasteiger partial charge is 0.494 e. The normalized spacial score (nSPS) is 12.8. The molecule has 0 heterocycles. The van der Waals surface area contributed by atoms with E-state index in [9.17, 15) is 4.79 Å². The Morgan fingerprint density at radius 1 is 1.10 bits per heavy atom. The fourth-order valence-electron chi connectivity index (χ4n) is 2.63. The van der Waals surface area contributed by atoms with Gasteiger partial charge in [-0.2, -0.15) is 0 Å². The van der Waals surface area contributed by atoms with Crippen LogP contribution in [0.4, 0.5) is 11.4 Å². The Kier molecular flexibility index (Phi) is 2.54. The highest BCUT2D eigenvalue weighted by Gasteiger charge is 2.30. The summed E-state index contributed by atoms with van der Waals surface area (Å²) in [6.45, 7) is 4.07. The third-order valence-electron chi connectivity index (χ3n) is 3.61. The SMILES string of the molecule is C=C1c2ccccc2C(=O)c2c(N)cc(OC)c(N)c21. The van der Waals surface area contributed by atoms with E-state index in [1.54, 1.807) is 12.1 Å². The van der Waals surface area contributed by atoms with E-state index in [-0.39, 0.29) is 5.78 Å². The number of nitrogens with two attached hydrogens (primary N) is 2. The lowest BCUT2D eigenvalue weighted by Crippen LogP contribution is -2.18. The first-order chi connectivity index (χ1) is 9.56. The molecule has 0 aliphatic heterocycles. The summed E-state index contributed by atoms with van der Waals surface area (Å²) in [4.78, 5) is 12.6. The van der Waals surface area contributed by atoms with Crippen molar-refractivity contribution in [2.24, 2.45) is 0 Å². The van der Waals surface area contributed by atoms with Crippen molar-refractivity contribution in [2.45, 2.75) is 0 Å². The van der Waals surface area contributed by atoms with E-state index in [4.69, 9.17) is 16.2 Å². The number of ketones is 1. The number of ether oxygens (including phenoxy) is 1. The molecule has 2 aromatic rings. The highest BCUT2D eigenvalue weighted by atomic mass is 16.5. The lowest BCUT2D eigenvalue weighted by molar-refractivity contribution is 0.103. The zero-order chi connectivity index (χ0) is 14.4. The second-order valence-corrected chi connectivity index (χ2v) is 4.68. The number of carbonyl (C=O) groups excluding carboxylic acids is 1. The fourth-order valence-corrected chi connectivity index (χ4v) is 2.63. The van der Waals surface area contributed by atoms with Gasteiger partial charge in [-0.25, -0.2) is 0 Å². The number of benzene rings is 2. The molecule has 0 radical (unpaired) electrons. The molecule has 2 aromatic carbocycles. The standard InChI is InChI=1S/C16H14N2O2/c1-8-9-5-3-4-6-10(9)16(19)14-11(17)7-12(20-2)15(18)13(8)14/h3-7H,1,17-18H2,2H3. The van der Waals surface area contributed by atoms with Gasteiger partial charge in [-0.05, 0) is 11.1 Å². The molecule has 1 aliphatic rings. The third kappa shape index (κ3) is 1.45. The van der Waals surface area contributed by atoms with E-state index in [1.165, 1.54) is 7.11 Å². The molecule has 0 unspecified atom stereocenters. The Hall–Kier alpha value is -2.75. The molecule has 4 nitrogen and oxygen atoms in total. The predicted molar refractivity (Wildman–Crippen MR) is 79.8 cm³/mol. The summed E-state index contributed by atoms with van der Waals surface area (Å²) in [5.74, 6) is 0.324. The number of carbonyl (C=O) groups is 1. The van der Waals surface area contributed by atoms with Crippen LogP contribution in [0.2, 0.25) is 0 Å². The van der Waals surface area contributed by atoms with Crippen LogP contribution < -0.4 is 16.2 Å². The van der Waals surface area contributed by atoms with Gasteiger partial charge in [-0.3, -0.25) is 4.79 Å². The average Bonchev–Trinajstić information content (AvgIpc) is 2.46. The summed E-state index contributed by atoms with van der Waals surface area (Å²) < 4.78 is 5.21. The van der Waals surface area contributed by atoms with Gasteiger partial charge in [0.25, 0.3) is 0 Å². The molecule has 0 bridgehead atoms. The number of hydrogen-bond donors (Lipinski definition) is 2. The molecule has 0 atom stereocenters. The second-order valence-electron chi connectivity index (χ2n) is 4.68. The summed E-state index contributed by atoms with van der Waals surface area (Å²) in [6.07, 6.45) is 0. The first kappa shape index (κ1) is 12.3. The molecule has 0 aromatic heterocycles. The molecule has 100 valence electrons. The lowest BCUT2D eigenvalue weighted by atomic mass is 9.80. The van der Waals surface area contributed by atoms with Crippen molar-refractivity contribution >= 4 is 22.7 Å². The van der Waals surface area contributed by atoms with Crippen molar-refractivity contribution in [3.05, 3.63) is 59.2 Å². The maximum absolute atomic E-state index is 12.6. The summed E-state index contributed by atoms with van der Waals surface area (Å²) >= 11 is 0. The van der Waals surface area contributed by atoms with E-state index < -0.39 is 0 Å². The van der Waals surface area contributed by atoms with Crippen LogP contribution in [0.1, 0.15) is 27.0 Å². The van der Waals surface area contributed by atoms with Crippen LogP contribution in [0.25, 0.3) is 5.57 Å². The Bertz CT molecular complexity index is 763. The first-order valence-corrected chi connectivity index (χ1v) is 6.15. The van der Waals surface area contributed by atoms with Crippen molar-refractivity contribution in [3.8, 4) is 5.75 Å². The Morgan fingerprint density at radius 2 is 1.75 bits per heavy atom. The van der Waals surface area contributed by atoms with Crippen LogP contribution in [0, 0.1) is 0 Å². The van der Waals surface area contributed by atoms with E-state index in [0.29, 0.717) is 39.4 Å². The molecular weight excluding hydrogens is 252 g/mol. The van der Waals surface area contributed by atoms with Crippen molar-refractivity contribution in [3.63, 3.8) is 0 Å². The van der Waals surface area contributed by atoms with Gasteiger partial charge in [0.2, 0.25) is 0 Å². The minimum atomic E-state index is -0.130. The Labute approximate surface area is 116 Å². The number of hydrogen-bond acceptors (Lipinski definition) is 4. The van der Waals surface area contributed by atoms with Crippen LogP contribution >= 0.6 is 0 Å². The zero-order valence-corrected chi connectivity index (χ0v) is 11.1. The van der Waals surface area contributed by atoms with E-state index in [2.05, 4.69) is 6.58 Å². The zero-order valence-electron chi connectivity index (χ0n) is 11.1. The van der Waals surface area contributed by atoms with Crippen molar-refractivity contribution in [1.29, 1.82) is 0 Å². The maximum atomic E-state index is 12.6. The lowest BCUT2D eigenvalue weighted by Gasteiger charge is -2.24. The van der Waals surface area contributed by atoms with Crippen LogP contribution in [-0.4, -0.2) is 12.9 Å². The molecule has 0 fully saturated rings. The summed E-state index contributed by atoms with van der Waals surface area (Å²) in [5, 5.41) is 0. The molecule has 4 N–H and O–H groups in total. The second kappa shape index (κ2) is 4.13. The van der Waals surface area contributed by atoms with E-state index >= 15 is 0 Å². The van der Waals surface area contributed by atoms with Gasteiger partial charge in [0.15, 0.2) is 5.78 Å². The van der Waals surface area contributed by atoms with Gasteiger partial charge < -0.3 is 16.2 Å². The minimum absolute atomic E-state index is 0.130. The summed E-state index contributed by atoms with van der Waals surface area (Å²) in [7, 11) is 1.51. The summed E-state index contributed by atoms with van der Waals surface area (Å²) in [5.41, 5.74) is 15.9. The number of fused-ring (bicyclic) bond motifs is 2. The van der Waals surface area contributed by atoms with Crippen molar-refractivity contribution in [1.82, 2.24) is 0 Å². The molecule has 4 heteroatoms. The third-order valence-corrected chi connectivity index (χ3v) is 3.61. The van der Waals surface area contributed by atoms with Crippen LogP contribution in [0.3, 0.4) is 0 Å². The van der Waals surface area contributed by atoms with E-state index in [0.717, 1.165) is 5.56 Å². The molecule has 0 saturated carbocycles. The molecular formula is C16H14N2O2. The molecule has 20 heavy (non-hydrogen) atoms. The highest BCUT2D eigenvalue weighted by molar-refractivity contribution is 6.22. The fraction of sp³-hybridized carbons (Fsp3) is 0.0625. The van der Waals surface area contributed by atoms with Gasteiger partial charge in [-0.15, -0.1) is 0 Å². The minimum Gasteiger partial charge on any atom is -0.494 e. The molecule has 0 spiro atoms. The predicted octanol–water partition coefficient (Wildman–Crippen LogP) is 2.47. The summed E-state index contributed by atoms with van der Waals surface area (Å²) in [6, 6.07) is 8.88. The maximum Gasteiger partial charge on any atom is 0.196 e. The van der Waals surface area contributed by atoms with Gasteiger partial charge in [0.05, 0.1) is 18.4 Å². The topological polar surface area (TPSA) is 78.3 Å². The molecule has 0 amide bonds. The smallest absolute Gasteiger partial charge is 0.196 e. The number of methoxy groups -OCH3 is 1. The van der Waals surface area contributed by atoms with Crippen LogP contribution in [-0.2, 0) is 0 Å². The molecule has 0 saturated heterocycles. The van der Waals surface area contributed by atoms with Gasteiger partial charge in [0, 0.05) is 22.9 Å². The number of nitrogen functional groups attached to an aromatic ring is 2. The molecule has 1 aliphatic carbocycles. The van der Waals surface area contributed by atoms with Gasteiger partial charge >= 0.3 is 0 Å². The van der Waals surface area contributed by atoms with Crippen LogP contribution in [0.15, 0.2) is 36.9 Å². The average molecular weight is 266 g/mol. The van der Waals surface area contributed by atoms with E-state index in [1.807, 2.05) is 18.2 Å². The highest BCUT2D eigenvalue weighted by Crippen LogP contribution is 2.44. The van der Waals surface area contributed by atoms with Gasteiger partial charge in [0.1, 0.15) is 5.75 Å². The Balaban J connectivity index is 2.39. The Morgan fingerprint density at radius 3 is 2.40 bits per heavy atom. The number of rotatable bonds is 1. The number of anilines is 2. The van der Waals surface area contributed by atoms with Crippen molar-refractivity contribution in [2.75, 3.05) is 18.6 Å². The first-order valence-electron chi connectivity index (χ1n) is 6.15. The van der Waals surface area contributed by atoms with Crippen LogP contribution in [0.5, 0.6) is 5.75 Å². The van der Waals surface area contributed by atoms with Crippen molar-refractivity contribution < 1.29 is 9.53 Å². The van der Waals surface area contributed by atoms with Gasteiger partial charge in [-0.1, -0.05) is 30.8 Å². The monoisotopic (exact) mass is 266 g/mol. The molecule has 3 rings (SSSR count).